The number of amides is 1. The van der Waals surface area contributed by atoms with Gasteiger partial charge in [0.15, 0.2) is 6.61 Å². The summed E-state index contributed by atoms with van der Waals surface area (Å²) in [5.41, 5.74) is 8.50. The predicted molar refractivity (Wildman–Crippen MR) is 77.6 cm³/mol. The lowest BCUT2D eigenvalue weighted by atomic mass is 10.1. The molecule has 1 atom stereocenters. The normalized spacial score (nSPS) is 21.6. The van der Waals surface area contributed by atoms with Gasteiger partial charge in [0.1, 0.15) is 5.75 Å². The number of ether oxygens (including phenoxy) is 1. The van der Waals surface area contributed by atoms with E-state index in [9.17, 15) is 4.79 Å². The highest BCUT2D eigenvalue weighted by Gasteiger charge is 2.20. The monoisotopic (exact) mass is 274 g/mol. The average Bonchev–Trinajstić information content (AvgIpc) is 2.87. The minimum Gasteiger partial charge on any atom is -0.484 e. The summed E-state index contributed by atoms with van der Waals surface area (Å²) < 4.78 is 5.65. The molecule has 1 saturated heterocycles. The molecule has 3 rings (SSSR count). The Morgan fingerprint density at radius 2 is 2.10 bits per heavy atom. The molecule has 1 fully saturated rings. The van der Waals surface area contributed by atoms with E-state index in [0.29, 0.717) is 0 Å². The summed E-state index contributed by atoms with van der Waals surface area (Å²) in [6.45, 7) is 1.90. The second-order valence-electron chi connectivity index (χ2n) is 5.74. The van der Waals surface area contributed by atoms with Crippen LogP contribution in [0.3, 0.4) is 0 Å². The van der Waals surface area contributed by atoms with Gasteiger partial charge in [-0.25, -0.2) is 0 Å². The van der Waals surface area contributed by atoms with Crippen molar-refractivity contribution in [3.8, 4) is 5.75 Å². The molecule has 1 aromatic rings. The van der Waals surface area contributed by atoms with Crippen LogP contribution in [0.2, 0.25) is 0 Å². The van der Waals surface area contributed by atoms with Gasteiger partial charge in [-0.05, 0) is 55.4 Å². The number of carbonyl (C=O) groups excluding carboxylic acids is 1. The van der Waals surface area contributed by atoms with Gasteiger partial charge in [0.05, 0.1) is 0 Å². The van der Waals surface area contributed by atoms with E-state index in [1.807, 2.05) is 23.1 Å². The number of rotatable bonds is 3. The highest BCUT2D eigenvalue weighted by molar-refractivity contribution is 5.77. The third-order valence-corrected chi connectivity index (χ3v) is 4.31. The van der Waals surface area contributed by atoms with E-state index in [-0.39, 0.29) is 18.6 Å². The van der Waals surface area contributed by atoms with Crippen molar-refractivity contribution in [2.45, 2.75) is 38.1 Å². The van der Waals surface area contributed by atoms with Gasteiger partial charge >= 0.3 is 0 Å². The van der Waals surface area contributed by atoms with E-state index in [4.69, 9.17) is 10.5 Å². The maximum absolute atomic E-state index is 12.0. The van der Waals surface area contributed by atoms with Gasteiger partial charge in [-0.2, -0.15) is 0 Å². The van der Waals surface area contributed by atoms with Crippen molar-refractivity contribution in [2.24, 2.45) is 5.73 Å². The van der Waals surface area contributed by atoms with Crippen LogP contribution in [0.25, 0.3) is 0 Å². The van der Waals surface area contributed by atoms with Crippen LogP contribution in [0.15, 0.2) is 18.2 Å². The van der Waals surface area contributed by atoms with Crippen molar-refractivity contribution in [2.75, 3.05) is 19.7 Å². The van der Waals surface area contributed by atoms with Crippen LogP contribution in [0.4, 0.5) is 0 Å². The van der Waals surface area contributed by atoms with Crippen molar-refractivity contribution >= 4 is 5.91 Å². The van der Waals surface area contributed by atoms with Gasteiger partial charge in [-0.3, -0.25) is 4.79 Å². The van der Waals surface area contributed by atoms with E-state index < -0.39 is 0 Å². The van der Waals surface area contributed by atoms with Crippen LogP contribution < -0.4 is 10.5 Å². The maximum Gasteiger partial charge on any atom is 0.260 e. The van der Waals surface area contributed by atoms with Crippen molar-refractivity contribution < 1.29 is 9.53 Å². The molecule has 1 amide bonds. The Kier molecular flexibility index (Phi) is 3.92. The van der Waals surface area contributed by atoms with Gasteiger partial charge in [0, 0.05) is 19.1 Å². The topological polar surface area (TPSA) is 55.6 Å². The largest absolute Gasteiger partial charge is 0.484 e. The van der Waals surface area contributed by atoms with Crippen LogP contribution >= 0.6 is 0 Å². The molecule has 1 aromatic carbocycles. The van der Waals surface area contributed by atoms with Gasteiger partial charge in [0.25, 0.3) is 5.91 Å². The Labute approximate surface area is 119 Å². The first-order chi connectivity index (χ1) is 9.74. The number of likely N-dealkylation sites (tertiary alicyclic amines) is 1. The van der Waals surface area contributed by atoms with Crippen LogP contribution in [0.1, 0.15) is 42.9 Å². The van der Waals surface area contributed by atoms with Gasteiger partial charge in [-0.1, -0.05) is 6.07 Å². The molecule has 2 N–H and O–H groups in total. The smallest absolute Gasteiger partial charge is 0.260 e. The van der Waals surface area contributed by atoms with E-state index in [2.05, 4.69) is 0 Å². The molecule has 1 aliphatic heterocycles. The maximum atomic E-state index is 12.0. The van der Waals surface area contributed by atoms with Crippen LogP contribution in [-0.4, -0.2) is 30.5 Å². The van der Waals surface area contributed by atoms with Gasteiger partial charge < -0.3 is 15.4 Å². The fourth-order valence-corrected chi connectivity index (χ4v) is 3.10. The summed E-state index contributed by atoms with van der Waals surface area (Å²) in [7, 11) is 0. The van der Waals surface area contributed by atoms with E-state index in [1.54, 1.807) is 0 Å². The fourth-order valence-electron chi connectivity index (χ4n) is 3.10. The molecule has 0 saturated carbocycles. The molecule has 0 radical (unpaired) electrons. The SMILES string of the molecule is N[C@H]1CCc2cc(OCC(=O)N3CCCCC3)ccc21. The number of piperidine rings is 1. The zero-order valence-electron chi connectivity index (χ0n) is 11.8. The number of carbonyl (C=O) groups is 1. The highest BCUT2D eigenvalue weighted by Crippen LogP contribution is 2.31. The second kappa shape index (κ2) is 5.83. The van der Waals surface area contributed by atoms with E-state index in [0.717, 1.165) is 44.5 Å². The fraction of sp³-hybridized carbons (Fsp3) is 0.562. The molecule has 20 heavy (non-hydrogen) atoms. The zero-order chi connectivity index (χ0) is 13.9. The number of hydrogen-bond acceptors (Lipinski definition) is 3. The third-order valence-electron chi connectivity index (χ3n) is 4.31. The molecule has 0 spiro atoms. The highest BCUT2D eigenvalue weighted by atomic mass is 16.5. The number of nitrogens with zero attached hydrogens (tertiary/aromatic N) is 1. The lowest BCUT2D eigenvalue weighted by Gasteiger charge is -2.26. The molecule has 4 heteroatoms. The van der Waals surface area contributed by atoms with Crippen LogP contribution in [0.5, 0.6) is 5.75 Å². The van der Waals surface area contributed by atoms with E-state index >= 15 is 0 Å². The number of benzene rings is 1. The number of fused-ring (bicyclic) bond motifs is 1. The molecule has 1 heterocycles. The Bertz CT molecular complexity index is 495. The molecule has 2 aliphatic rings. The molecule has 0 unspecified atom stereocenters. The summed E-state index contributed by atoms with van der Waals surface area (Å²) in [5, 5.41) is 0. The molecule has 4 nitrogen and oxygen atoms in total. The molecular weight excluding hydrogens is 252 g/mol. The Hall–Kier alpha value is -1.55. The first-order valence-corrected chi connectivity index (χ1v) is 7.53. The Morgan fingerprint density at radius 3 is 2.90 bits per heavy atom. The first-order valence-electron chi connectivity index (χ1n) is 7.53. The summed E-state index contributed by atoms with van der Waals surface area (Å²) in [6.07, 6.45) is 5.47. The lowest BCUT2D eigenvalue weighted by molar-refractivity contribution is -0.134. The summed E-state index contributed by atoms with van der Waals surface area (Å²) in [6, 6.07) is 6.15. The summed E-state index contributed by atoms with van der Waals surface area (Å²) in [4.78, 5) is 13.9. The minimum absolute atomic E-state index is 0.0990. The van der Waals surface area contributed by atoms with Crippen LogP contribution in [0, 0.1) is 0 Å². The predicted octanol–water partition coefficient (Wildman–Crippen LogP) is 2.02. The average molecular weight is 274 g/mol. The molecule has 1 aliphatic carbocycles. The summed E-state index contributed by atoms with van der Waals surface area (Å²) >= 11 is 0. The number of aryl methyl sites for hydroxylation is 1. The van der Waals surface area contributed by atoms with E-state index in [1.165, 1.54) is 17.5 Å². The van der Waals surface area contributed by atoms with Gasteiger partial charge in [-0.15, -0.1) is 0 Å². The first kappa shape index (κ1) is 13.4. The lowest BCUT2D eigenvalue weighted by Crippen LogP contribution is -2.38. The standard InChI is InChI=1S/C16H22N2O2/c17-15-7-4-12-10-13(5-6-14(12)15)20-11-16(19)18-8-2-1-3-9-18/h5-6,10,15H,1-4,7-9,11,17H2/t15-/m0/s1. The Morgan fingerprint density at radius 1 is 1.30 bits per heavy atom. The zero-order valence-corrected chi connectivity index (χ0v) is 11.8. The molecule has 0 bridgehead atoms. The van der Waals surface area contributed by atoms with Crippen LogP contribution in [-0.2, 0) is 11.2 Å². The Balaban J connectivity index is 1.57. The number of nitrogens with two attached hydrogens (primary N) is 1. The van der Waals surface area contributed by atoms with Gasteiger partial charge in [0.2, 0.25) is 0 Å². The quantitative estimate of drug-likeness (QED) is 0.917. The molecular formula is C16H22N2O2. The molecule has 108 valence electrons. The van der Waals surface area contributed by atoms with Crippen molar-refractivity contribution in [1.82, 2.24) is 4.90 Å². The van der Waals surface area contributed by atoms with Crippen molar-refractivity contribution in [1.29, 1.82) is 0 Å². The second-order valence-corrected chi connectivity index (χ2v) is 5.74. The van der Waals surface area contributed by atoms with Crippen molar-refractivity contribution in [3.63, 3.8) is 0 Å². The third kappa shape index (κ3) is 2.80. The number of hydrogen-bond donors (Lipinski definition) is 1. The summed E-state index contributed by atoms with van der Waals surface area (Å²) in [5.74, 6) is 0.880. The van der Waals surface area contributed by atoms with Crippen molar-refractivity contribution in [3.05, 3.63) is 29.3 Å². The minimum atomic E-state index is 0.0990. The molecule has 0 aromatic heterocycles.